The van der Waals surface area contributed by atoms with Crippen LogP contribution in [0.2, 0.25) is 0 Å². The molecule has 0 radical (unpaired) electrons. The van der Waals surface area contributed by atoms with Crippen LogP contribution in [-0.2, 0) is 4.79 Å². The molecule has 1 fully saturated rings. The van der Waals surface area contributed by atoms with Gasteiger partial charge >= 0.3 is 0 Å². The Kier molecular flexibility index (Phi) is 4.35. The normalized spacial score (nSPS) is 25.7. The van der Waals surface area contributed by atoms with Gasteiger partial charge in [-0.1, -0.05) is 0 Å². The van der Waals surface area contributed by atoms with Crippen molar-refractivity contribution in [3.05, 3.63) is 16.1 Å². The summed E-state index contributed by atoms with van der Waals surface area (Å²) < 4.78 is 0. The van der Waals surface area contributed by atoms with E-state index in [9.17, 15) is 4.79 Å². The molecule has 2 rings (SSSR count). The molecule has 2 heterocycles. The highest BCUT2D eigenvalue weighted by molar-refractivity contribution is 7.11. The summed E-state index contributed by atoms with van der Waals surface area (Å²) in [5.74, 6) is 0.313. The standard InChI is InChI=1S/C13H21N3OS/c1-8-6-11(4-5-14-8)12(17)16-10(3)13-15-7-9(2)18-13/h7-8,10-11,14H,4-6H2,1-3H3,(H,16,17)/t8-,10?,11-/m0/s1. The number of carbonyl (C=O) groups is 1. The Labute approximate surface area is 112 Å². The Morgan fingerprint density at radius 1 is 1.67 bits per heavy atom. The van der Waals surface area contributed by atoms with Gasteiger partial charge in [-0.3, -0.25) is 4.79 Å². The number of nitrogens with zero attached hydrogens (tertiary/aromatic N) is 1. The van der Waals surface area contributed by atoms with E-state index in [4.69, 9.17) is 0 Å². The zero-order valence-corrected chi connectivity index (χ0v) is 12.0. The van der Waals surface area contributed by atoms with Crippen LogP contribution in [-0.4, -0.2) is 23.5 Å². The third kappa shape index (κ3) is 3.29. The van der Waals surface area contributed by atoms with Crippen LogP contribution >= 0.6 is 11.3 Å². The van der Waals surface area contributed by atoms with Gasteiger partial charge in [0.25, 0.3) is 0 Å². The summed E-state index contributed by atoms with van der Waals surface area (Å²) in [5.41, 5.74) is 0. The van der Waals surface area contributed by atoms with E-state index in [1.807, 2.05) is 20.0 Å². The predicted molar refractivity (Wildman–Crippen MR) is 73.6 cm³/mol. The number of aromatic nitrogens is 1. The van der Waals surface area contributed by atoms with E-state index in [0.717, 1.165) is 24.4 Å². The number of nitrogens with one attached hydrogen (secondary N) is 2. The average molecular weight is 267 g/mol. The van der Waals surface area contributed by atoms with Gasteiger partial charge < -0.3 is 10.6 Å². The van der Waals surface area contributed by atoms with E-state index in [-0.39, 0.29) is 17.9 Å². The first-order chi connectivity index (χ1) is 8.56. The molecule has 1 unspecified atom stereocenters. The van der Waals surface area contributed by atoms with Crippen LogP contribution in [0.3, 0.4) is 0 Å². The molecule has 0 spiro atoms. The second-order valence-corrected chi connectivity index (χ2v) is 6.38. The Morgan fingerprint density at radius 2 is 2.44 bits per heavy atom. The predicted octanol–water partition coefficient (Wildman–Crippen LogP) is 2.02. The van der Waals surface area contributed by atoms with Crippen molar-refractivity contribution in [3.8, 4) is 0 Å². The molecule has 0 bridgehead atoms. The van der Waals surface area contributed by atoms with Crippen LogP contribution in [0.1, 0.15) is 42.6 Å². The Hall–Kier alpha value is -0.940. The number of piperidine rings is 1. The van der Waals surface area contributed by atoms with Gasteiger partial charge in [-0.15, -0.1) is 11.3 Å². The minimum Gasteiger partial charge on any atom is -0.347 e. The molecule has 1 aromatic heterocycles. The number of aryl methyl sites for hydroxylation is 1. The molecular formula is C13H21N3OS. The fourth-order valence-corrected chi connectivity index (χ4v) is 3.11. The van der Waals surface area contributed by atoms with Crippen molar-refractivity contribution in [1.29, 1.82) is 0 Å². The minimum absolute atomic E-state index is 0.0152. The number of hydrogen-bond donors (Lipinski definition) is 2. The molecule has 1 aliphatic heterocycles. The van der Waals surface area contributed by atoms with Gasteiger partial charge in [-0.25, -0.2) is 4.98 Å². The van der Waals surface area contributed by atoms with Crippen molar-refractivity contribution in [1.82, 2.24) is 15.6 Å². The maximum atomic E-state index is 12.2. The van der Waals surface area contributed by atoms with Crippen molar-refractivity contribution in [2.24, 2.45) is 5.92 Å². The molecule has 0 aliphatic carbocycles. The summed E-state index contributed by atoms with van der Waals surface area (Å²) in [6.07, 6.45) is 3.71. The number of carbonyl (C=O) groups excluding carboxylic acids is 1. The second-order valence-electron chi connectivity index (χ2n) is 5.12. The summed E-state index contributed by atoms with van der Waals surface area (Å²) in [6.45, 7) is 7.10. The highest BCUT2D eigenvalue weighted by Gasteiger charge is 2.26. The lowest BCUT2D eigenvalue weighted by molar-refractivity contribution is -0.126. The first-order valence-electron chi connectivity index (χ1n) is 6.52. The molecule has 1 amide bonds. The number of hydrogen-bond acceptors (Lipinski definition) is 4. The first kappa shape index (κ1) is 13.5. The Bertz CT molecular complexity index is 418. The second kappa shape index (κ2) is 5.80. The van der Waals surface area contributed by atoms with Gasteiger partial charge in [0.15, 0.2) is 0 Å². The van der Waals surface area contributed by atoms with E-state index in [2.05, 4.69) is 22.5 Å². The van der Waals surface area contributed by atoms with Crippen molar-refractivity contribution in [3.63, 3.8) is 0 Å². The van der Waals surface area contributed by atoms with Gasteiger partial charge in [0, 0.05) is 23.0 Å². The fourth-order valence-electron chi connectivity index (χ4n) is 2.34. The van der Waals surface area contributed by atoms with Crippen molar-refractivity contribution in [2.45, 2.75) is 45.7 Å². The Balaban J connectivity index is 1.90. The maximum absolute atomic E-state index is 12.2. The lowest BCUT2D eigenvalue weighted by Gasteiger charge is -2.27. The van der Waals surface area contributed by atoms with Crippen molar-refractivity contribution < 1.29 is 4.79 Å². The van der Waals surface area contributed by atoms with Crippen molar-refractivity contribution in [2.75, 3.05) is 6.54 Å². The minimum atomic E-state index is 0.0152. The lowest BCUT2D eigenvalue weighted by atomic mass is 9.92. The number of amides is 1. The van der Waals surface area contributed by atoms with E-state index in [1.54, 1.807) is 11.3 Å². The SMILES string of the molecule is Cc1cnc(C(C)NC(=O)[C@H]2CCN[C@@H](C)C2)s1. The van der Waals surface area contributed by atoms with E-state index in [0.29, 0.717) is 6.04 Å². The number of thiazole rings is 1. The van der Waals surface area contributed by atoms with Gasteiger partial charge in [-0.05, 0) is 40.2 Å². The zero-order valence-electron chi connectivity index (χ0n) is 11.2. The molecule has 0 aromatic carbocycles. The van der Waals surface area contributed by atoms with Gasteiger partial charge in [0.1, 0.15) is 5.01 Å². The molecular weight excluding hydrogens is 246 g/mol. The Morgan fingerprint density at radius 3 is 3.06 bits per heavy atom. The van der Waals surface area contributed by atoms with E-state index in [1.165, 1.54) is 4.88 Å². The summed E-state index contributed by atoms with van der Waals surface area (Å²) >= 11 is 1.65. The summed E-state index contributed by atoms with van der Waals surface area (Å²) in [7, 11) is 0. The maximum Gasteiger partial charge on any atom is 0.223 e. The van der Waals surface area contributed by atoms with Crippen LogP contribution in [0.25, 0.3) is 0 Å². The summed E-state index contributed by atoms with van der Waals surface area (Å²) in [5, 5.41) is 7.43. The third-order valence-corrected chi connectivity index (χ3v) is 4.46. The van der Waals surface area contributed by atoms with Gasteiger partial charge in [-0.2, -0.15) is 0 Å². The first-order valence-corrected chi connectivity index (χ1v) is 7.34. The van der Waals surface area contributed by atoms with Crippen molar-refractivity contribution >= 4 is 17.2 Å². The lowest BCUT2D eigenvalue weighted by Crippen LogP contribution is -2.42. The van der Waals surface area contributed by atoms with Crippen LogP contribution in [0.5, 0.6) is 0 Å². The molecule has 1 aromatic rings. The van der Waals surface area contributed by atoms with Crippen LogP contribution in [0, 0.1) is 12.8 Å². The molecule has 4 nitrogen and oxygen atoms in total. The van der Waals surface area contributed by atoms with Crippen LogP contribution < -0.4 is 10.6 Å². The van der Waals surface area contributed by atoms with Gasteiger partial charge in [0.05, 0.1) is 6.04 Å². The smallest absolute Gasteiger partial charge is 0.223 e. The number of rotatable bonds is 3. The quantitative estimate of drug-likeness (QED) is 0.881. The van der Waals surface area contributed by atoms with E-state index >= 15 is 0 Å². The molecule has 5 heteroatoms. The molecule has 100 valence electrons. The molecule has 3 atom stereocenters. The molecule has 1 saturated heterocycles. The van der Waals surface area contributed by atoms with E-state index < -0.39 is 0 Å². The monoisotopic (exact) mass is 267 g/mol. The molecule has 2 N–H and O–H groups in total. The summed E-state index contributed by atoms with van der Waals surface area (Å²) in [4.78, 5) is 17.7. The van der Waals surface area contributed by atoms with Crippen LogP contribution in [0.15, 0.2) is 6.20 Å². The molecule has 0 saturated carbocycles. The highest BCUT2D eigenvalue weighted by Crippen LogP contribution is 2.21. The largest absolute Gasteiger partial charge is 0.347 e. The van der Waals surface area contributed by atoms with Gasteiger partial charge in [0.2, 0.25) is 5.91 Å². The topological polar surface area (TPSA) is 54.0 Å². The zero-order chi connectivity index (χ0) is 13.1. The summed E-state index contributed by atoms with van der Waals surface area (Å²) in [6, 6.07) is 0.452. The fraction of sp³-hybridized carbons (Fsp3) is 0.692. The molecule has 1 aliphatic rings. The molecule has 18 heavy (non-hydrogen) atoms. The highest BCUT2D eigenvalue weighted by atomic mass is 32.1. The van der Waals surface area contributed by atoms with Crippen LogP contribution in [0.4, 0.5) is 0 Å². The third-order valence-electron chi connectivity index (χ3n) is 3.36. The average Bonchev–Trinajstić information content (AvgIpc) is 2.76.